The summed E-state index contributed by atoms with van der Waals surface area (Å²) in [6.07, 6.45) is 0. The van der Waals surface area contributed by atoms with Crippen molar-refractivity contribution >= 4 is 17.5 Å². The number of hydrogen-bond acceptors (Lipinski definition) is 2. The van der Waals surface area contributed by atoms with E-state index in [0.29, 0.717) is 23.8 Å². The van der Waals surface area contributed by atoms with Crippen molar-refractivity contribution in [3.8, 4) is 5.75 Å². The maximum absolute atomic E-state index is 11.8. The molecule has 0 bridgehead atoms. The third-order valence-corrected chi connectivity index (χ3v) is 3.17. The van der Waals surface area contributed by atoms with Crippen LogP contribution in [0.3, 0.4) is 0 Å². The number of amides is 1. The Kier molecular flexibility index (Phi) is 5.29. The molecular formula is C13H18ClNO2. The van der Waals surface area contributed by atoms with E-state index in [9.17, 15) is 4.79 Å². The van der Waals surface area contributed by atoms with Gasteiger partial charge in [0.2, 0.25) is 0 Å². The minimum atomic E-state index is -0.129. The standard InChI is InChI=1S/C13H18ClNO2/c1-9(2)12(14)8-15-13(16)10-5-4-6-11(7-10)17-3/h4-7,9,12H,8H2,1-3H3,(H,15,16). The van der Waals surface area contributed by atoms with Gasteiger partial charge < -0.3 is 10.1 Å². The van der Waals surface area contributed by atoms with Crippen LogP contribution in [0.15, 0.2) is 24.3 Å². The predicted molar refractivity (Wildman–Crippen MR) is 69.8 cm³/mol. The van der Waals surface area contributed by atoms with Gasteiger partial charge in [-0.25, -0.2) is 0 Å². The lowest BCUT2D eigenvalue weighted by Gasteiger charge is -2.14. The summed E-state index contributed by atoms with van der Waals surface area (Å²) in [4.78, 5) is 11.8. The van der Waals surface area contributed by atoms with Gasteiger partial charge in [0.1, 0.15) is 5.75 Å². The van der Waals surface area contributed by atoms with Crippen molar-refractivity contribution < 1.29 is 9.53 Å². The van der Waals surface area contributed by atoms with Crippen LogP contribution in [0.1, 0.15) is 24.2 Å². The van der Waals surface area contributed by atoms with E-state index in [0.717, 1.165) is 0 Å². The number of halogens is 1. The number of methoxy groups -OCH3 is 1. The van der Waals surface area contributed by atoms with Gasteiger partial charge >= 0.3 is 0 Å². The van der Waals surface area contributed by atoms with Gasteiger partial charge in [-0.05, 0) is 24.1 Å². The second kappa shape index (κ2) is 6.50. The molecule has 0 radical (unpaired) electrons. The van der Waals surface area contributed by atoms with Gasteiger partial charge in [-0.3, -0.25) is 4.79 Å². The summed E-state index contributed by atoms with van der Waals surface area (Å²) in [5.74, 6) is 0.876. The third-order valence-electron chi connectivity index (χ3n) is 2.51. The molecule has 0 saturated carbocycles. The molecule has 0 fully saturated rings. The summed E-state index contributed by atoms with van der Waals surface area (Å²) in [6, 6.07) is 7.04. The number of hydrogen-bond donors (Lipinski definition) is 1. The molecule has 94 valence electrons. The van der Waals surface area contributed by atoms with Gasteiger partial charge in [-0.2, -0.15) is 0 Å². The van der Waals surface area contributed by atoms with Gasteiger partial charge in [0.05, 0.1) is 12.5 Å². The molecule has 0 aliphatic heterocycles. The second-order valence-corrected chi connectivity index (χ2v) is 4.76. The van der Waals surface area contributed by atoms with Crippen molar-refractivity contribution in [3.05, 3.63) is 29.8 Å². The molecule has 1 N–H and O–H groups in total. The number of alkyl halides is 1. The van der Waals surface area contributed by atoms with Crippen LogP contribution in [0.5, 0.6) is 5.75 Å². The number of rotatable bonds is 5. The van der Waals surface area contributed by atoms with Gasteiger partial charge in [-0.15, -0.1) is 11.6 Å². The Morgan fingerprint density at radius 1 is 1.47 bits per heavy atom. The van der Waals surface area contributed by atoms with E-state index < -0.39 is 0 Å². The Balaban J connectivity index is 2.57. The zero-order valence-corrected chi connectivity index (χ0v) is 11.1. The van der Waals surface area contributed by atoms with Crippen molar-refractivity contribution in [3.63, 3.8) is 0 Å². The normalized spacial score (nSPS) is 12.3. The van der Waals surface area contributed by atoms with E-state index in [4.69, 9.17) is 16.3 Å². The fraction of sp³-hybridized carbons (Fsp3) is 0.462. The molecular weight excluding hydrogens is 238 g/mol. The predicted octanol–water partition coefficient (Wildman–Crippen LogP) is 2.69. The molecule has 0 aliphatic rings. The first-order valence-electron chi connectivity index (χ1n) is 5.61. The average molecular weight is 256 g/mol. The fourth-order valence-corrected chi connectivity index (χ4v) is 1.37. The van der Waals surface area contributed by atoms with Crippen LogP contribution in [0.2, 0.25) is 0 Å². The Morgan fingerprint density at radius 2 is 2.18 bits per heavy atom. The highest BCUT2D eigenvalue weighted by molar-refractivity contribution is 6.21. The van der Waals surface area contributed by atoms with Crippen molar-refractivity contribution in [1.29, 1.82) is 0 Å². The van der Waals surface area contributed by atoms with Crippen LogP contribution < -0.4 is 10.1 Å². The summed E-state index contributed by atoms with van der Waals surface area (Å²) < 4.78 is 5.06. The Hall–Kier alpha value is -1.22. The van der Waals surface area contributed by atoms with E-state index in [1.165, 1.54) is 0 Å². The Labute approximate surface area is 107 Å². The number of nitrogens with one attached hydrogen (secondary N) is 1. The summed E-state index contributed by atoms with van der Waals surface area (Å²) >= 11 is 6.07. The summed E-state index contributed by atoms with van der Waals surface area (Å²) in [6.45, 7) is 4.51. The largest absolute Gasteiger partial charge is 0.497 e. The molecule has 1 aromatic carbocycles. The monoisotopic (exact) mass is 255 g/mol. The van der Waals surface area contributed by atoms with Gasteiger partial charge in [0, 0.05) is 12.1 Å². The lowest BCUT2D eigenvalue weighted by atomic mass is 10.1. The van der Waals surface area contributed by atoms with Crippen LogP contribution in [0, 0.1) is 5.92 Å². The van der Waals surface area contributed by atoms with E-state index >= 15 is 0 Å². The fourth-order valence-electron chi connectivity index (χ4n) is 1.29. The minimum Gasteiger partial charge on any atom is -0.497 e. The molecule has 0 aliphatic carbocycles. The van der Waals surface area contributed by atoms with Crippen LogP contribution in [-0.2, 0) is 0 Å². The van der Waals surface area contributed by atoms with Crippen LogP contribution >= 0.6 is 11.6 Å². The molecule has 1 aromatic rings. The molecule has 0 saturated heterocycles. The van der Waals surface area contributed by atoms with E-state index in [1.54, 1.807) is 31.4 Å². The minimum absolute atomic E-state index is 0.0513. The summed E-state index contributed by atoms with van der Waals surface area (Å²) in [5.41, 5.74) is 0.581. The van der Waals surface area contributed by atoms with Gasteiger partial charge in [0.25, 0.3) is 5.91 Å². The van der Waals surface area contributed by atoms with Crippen LogP contribution in [0.25, 0.3) is 0 Å². The quantitative estimate of drug-likeness (QED) is 0.822. The molecule has 4 heteroatoms. The number of carbonyl (C=O) groups is 1. The van der Waals surface area contributed by atoms with Crippen LogP contribution in [0.4, 0.5) is 0 Å². The van der Waals surface area contributed by atoms with Crippen molar-refractivity contribution in [2.75, 3.05) is 13.7 Å². The number of carbonyl (C=O) groups excluding carboxylic acids is 1. The molecule has 3 nitrogen and oxygen atoms in total. The smallest absolute Gasteiger partial charge is 0.251 e. The Bertz CT molecular complexity index is 379. The molecule has 1 atom stereocenters. The van der Waals surface area contributed by atoms with Gasteiger partial charge in [0.15, 0.2) is 0 Å². The van der Waals surface area contributed by atoms with Gasteiger partial charge in [-0.1, -0.05) is 19.9 Å². The molecule has 17 heavy (non-hydrogen) atoms. The molecule has 1 rings (SSSR count). The maximum Gasteiger partial charge on any atom is 0.251 e. The highest BCUT2D eigenvalue weighted by Gasteiger charge is 2.12. The molecule has 1 unspecified atom stereocenters. The number of benzene rings is 1. The van der Waals surface area contributed by atoms with E-state index in [-0.39, 0.29) is 11.3 Å². The molecule has 1 amide bonds. The summed E-state index contributed by atoms with van der Waals surface area (Å²) in [7, 11) is 1.57. The average Bonchev–Trinajstić information content (AvgIpc) is 2.35. The second-order valence-electron chi connectivity index (χ2n) is 4.20. The highest BCUT2D eigenvalue weighted by atomic mass is 35.5. The topological polar surface area (TPSA) is 38.3 Å². The molecule has 0 heterocycles. The zero-order chi connectivity index (χ0) is 12.8. The molecule has 0 spiro atoms. The lowest BCUT2D eigenvalue weighted by Crippen LogP contribution is -2.31. The van der Waals surface area contributed by atoms with E-state index in [2.05, 4.69) is 5.32 Å². The first-order chi connectivity index (χ1) is 8.04. The SMILES string of the molecule is COc1cccc(C(=O)NCC(Cl)C(C)C)c1. The van der Waals surface area contributed by atoms with Crippen molar-refractivity contribution in [1.82, 2.24) is 5.32 Å². The maximum atomic E-state index is 11.8. The molecule has 0 aromatic heterocycles. The zero-order valence-electron chi connectivity index (χ0n) is 10.4. The third kappa shape index (κ3) is 4.27. The highest BCUT2D eigenvalue weighted by Crippen LogP contribution is 2.13. The first-order valence-corrected chi connectivity index (χ1v) is 6.04. The first kappa shape index (κ1) is 13.8. The van der Waals surface area contributed by atoms with Crippen molar-refractivity contribution in [2.45, 2.75) is 19.2 Å². The number of ether oxygens (including phenoxy) is 1. The van der Waals surface area contributed by atoms with Crippen LogP contribution in [-0.4, -0.2) is 24.9 Å². The van der Waals surface area contributed by atoms with Crippen molar-refractivity contribution in [2.24, 2.45) is 5.92 Å². The Morgan fingerprint density at radius 3 is 2.76 bits per heavy atom. The summed E-state index contributed by atoms with van der Waals surface area (Å²) in [5, 5.41) is 2.75. The van der Waals surface area contributed by atoms with E-state index in [1.807, 2.05) is 13.8 Å². The lowest BCUT2D eigenvalue weighted by molar-refractivity contribution is 0.0952.